The zero-order chi connectivity index (χ0) is 16.8. The van der Waals surface area contributed by atoms with Gasteiger partial charge in [0.15, 0.2) is 0 Å². The fraction of sp³-hybridized carbons (Fsp3) is 0.421. The van der Waals surface area contributed by atoms with E-state index in [0.717, 1.165) is 22.3 Å². The summed E-state index contributed by atoms with van der Waals surface area (Å²) in [6, 6.07) is 10.5. The van der Waals surface area contributed by atoms with Crippen LogP contribution in [-0.4, -0.2) is 23.3 Å². The van der Waals surface area contributed by atoms with E-state index in [2.05, 4.69) is 76.9 Å². The Balaban J connectivity index is 1.92. The first kappa shape index (κ1) is 16.2. The van der Waals surface area contributed by atoms with Gasteiger partial charge in [0, 0.05) is 17.2 Å². The average molecular weight is 309 g/mol. The molecule has 1 aliphatic rings. The molecule has 2 heterocycles. The van der Waals surface area contributed by atoms with Crippen molar-refractivity contribution < 1.29 is 9.31 Å². The van der Waals surface area contributed by atoms with Gasteiger partial charge < -0.3 is 9.31 Å². The Hall–Kier alpha value is -1.65. The number of aromatic nitrogens is 1. The number of aryl methyl sites for hydroxylation is 2. The topological polar surface area (TPSA) is 31.4 Å². The molecule has 3 rings (SSSR count). The molecule has 0 aliphatic carbocycles. The van der Waals surface area contributed by atoms with Crippen molar-refractivity contribution in [1.82, 2.24) is 4.98 Å². The van der Waals surface area contributed by atoms with E-state index in [0.29, 0.717) is 0 Å². The van der Waals surface area contributed by atoms with Crippen molar-refractivity contribution in [3.8, 4) is 11.3 Å². The molecule has 1 saturated heterocycles. The first-order chi connectivity index (χ1) is 10.7. The first-order valence-corrected chi connectivity index (χ1v) is 8.09. The SMILES string of the molecule is Cc1cccc(-c2ncc(B3OC(C)(C)C(C)(C)O3)cc2C)c1. The molecule has 0 atom stereocenters. The number of hydrogen-bond acceptors (Lipinski definition) is 3. The summed E-state index contributed by atoms with van der Waals surface area (Å²) in [5.41, 5.74) is 4.82. The molecule has 120 valence electrons. The summed E-state index contributed by atoms with van der Waals surface area (Å²) in [4.78, 5) is 4.67. The smallest absolute Gasteiger partial charge is 0.399 e. The third-order valence-corrected chi connectivity index (χ3v) is 4.92. The Morgan fingerprint density at radius 1 is 0.957 bits per heavy atom. The minimum atomic E-state index is -0.363. The zero-order valence-corrected chi connectivity index (χ0v) is 14.8. The molecule has 1 aromatic heterocycles. The average Bonchev–Trinajstić information content (AvgIpc) is 2.67. The molecule has 0 radical (unpaired) electrons. The lowest BCUT2D eigenvalue weighted by atomic mass is 9.79. The number of rotatable bonds is 2. The van der Waals surface area contributed by atoms with E-state index in [9.17, 15) is 0 Å². The summed E-state index contributed by atoms with van der Waals surface area (Å²) >= 11 is 0. The van der Waals surface area contributed by atoms with Gasteiger partial charge in [-0.2, -0.15) is 0 Å². The number of benzene rings is 1. The molecular weight excluding hydrogens is 285 g/mol. The Morgan fingerprint density at radius 2 is 1.61 bits per heavy atom. The van der Waals surface area contributed by atoms with E-state index in [1.54, 1.807) is 0 Å². The van der Waals surface area contributed by atoms with Crippen LogP contribution >= 0.6 is 0 Å². The maximum absolute atomic E-state index is 6.11. The summed E-state index contributed by atoms with van der Waals surface area (Å²) in [6.07, 6.45) is 1.87. The molecular formula is C19H24BNO2. The van der Waals surface area contributed by atoms with Crippen molar-refractivity contribution in [2.24, 2.45) is 0 Å². The van der Waals surface area contributed by atoms with E-state index < -0.39 is 0 Å². The van der Waals surface area contributed by atoms with Gasteiger partial charge >= 0.3 is 7.12 Å². The van der Waals surface area contributed by atoms with Crippen LogP contribution in [0, 0.1) is 13.8 Å². The number of hydrogen-bond donors (Lipinski definition) is 0. The van der Waals surface area contributed by atoms with Gasteiger partial charge in [0.25, 0.3) is 0 Å². The number of pyridine rings is 1. The van der Waals surface area contributed by atoms with Crippen molar-refractivity contribution in [3.05, 3.63) is 47.7 Å². The number of nitrogens with zero attached hydrogens (tertiary/aromatic N) is 1. The molecule has 3 nitrogen and oxygen atoms in total. The lowest BCUT2D eigenvalue weighted by Crippen LogP contribution is -2.41. The van der Waals surface area contributed by atoms with Gasteiger partial charge in [-0.25, -0.2) is 0 Å². The quantitative estimate of drug-likeness (QED) is 0.793. The van der Waals surface area contributed by atoms with Crippen LogP contribution in [0.3, 0.4) is 0 Å². The lowest BCUT2D eigenvalue weighted by molar-refractivity contribution is 0.00578. The highest BCUT2D eigenvalue weighted by molar-refractivity contribution is 6.62. The maximum Gasteiger partial charge on any atom is 0.496 e. The minimum Gasteiger partial charge on any atom is -0.399 e. The van der Waals surface area contributed by atoms with Crippen LogP contribution < -0.4 is 5.46 Å². The monoisotopic (exact) mass is 309 g/mol. The molecule has 0 unspecified atom stereocenters. The standard InChI is InChI=1S/C19H24BNO2/c1-13-8-7-9-15(10-13)17-14(2)11-16(12-21-17)20-22-18(3,4)19(5,6)23-20/h7-12H,1-6H3. The van der Waals surface area contributed by atoms with Crippen molar-refractivity contribution in [2.45, 2.75) is 52.7 Å². The van der Waals surface area contributed by atoms with Crippen molar-refractivity contribution in [1.29, 1.82) is 0 Å². The Morgan fingerprint density at radius 3 is 2.17 bits per heavy atom. The highest BCUT2D eigenvalue weighted by Crippen LogP contribution is 2.36. The molecule has 4 heteroatoms. The van der Waals surface area contributed by atoms with Gasteiger partial charge in [0.1, 0.15) is 0 Å². The molecule has 0 bridgehead atoms. The van der Waals surface area contributed by atoms with E-state index in [1.807, 2.05) is 6.20 Å². The second-order valence-corrected chi connectivity index (χ2v) is 7.39. The molecule has 1 fully saturated rings. The first-order valence-electron chi connectivity index (χ1n) is 8.09. The van der Waals surface area contributed by atoms with E-state index >= 15 is 0 Å². The molecule has 0 amide bonds. The van der Waals surface area contributed by atoms with Crippen molar-refractivity contribution in [2.75, 3.05) is 0 Å². The largest absolute Gasteiger partial charge is 0.496 e. The second kappa shape index (κ2) is 5.46. The van der Waals surface area contributed by atoms with Gasteiger partial charge in [0.2, 0.25) is 0 Å². The molecule has 1 aliphatic heterocycles. The highest BCUT2D eigenvalue weighted by Gasteiger charge is 2.51. The minimum absolute atomic E-state index is 0.333. The summed E-state index contributed by atoms with van der Waals surface area (Å²) in [5.74, 6) is 0. The third-order valence-electron chi connectivity index (χ3n) is 4.92. The van der Waals surface area contributed by atoms with Crippen molar-refractivity contribution in [3.63, 3.8) is 0 Å². The predicted molar refractivity (Wildman–Crippen MR) is 94.9 cm³/mol. The summed E-state index contributed by atoms with van der Waals surface area (Å²) in [6.45, 7) is 12.4. The van der Waals surface area contributed by atoms with Gasteiger partial charge in [-0.15, -0.1) is 0 Å². The van der Waals surface area contributed by atoms with Crippen LogP contribution in [-0.2, 0) is 9.31 Å². The zero-order valence-electron chi connectivity index (χ0n) is 14.8. The van der Waals surface area contributed by atoms with E-state index in [1.165, 1.54) is 5.56 Å². The Bertz CT molecular complexity index is 724. The summed E-state index contributed by atoms with van der Waals surface area (Å²) in [7, 11) is -0.363. The molecule has 0 spiro atoms. The molecule has 23 heavy (non-hydrogen) atoms. The summed E-state index contributed by atoms with van der Waals surface area (Å²) < 4.78 is 12.2. The molecule has 1 aromatic carbocycles. The van der Waals surface area contributed by atoms with Crippen molar-refractivity contribution >= 4 is 12.6 Å². The van der Waals surface area contributed by atoms with Crippen LogP contribution in [0.4, 0.5) is 0 Å². The van der Waals surface area contributed by atoms with Crippen LogP contribution in [0.1, 0.15) is 38.8 Å². The Labute approximate surface area is 139 Å². The predicted octanol–water partition coefficient (Wildman–Crippen LogP) is 3.66. The fourth-order valence-electron chi connectivity index (χ4n) is 2.80. The fourth-order valence-corrected chi connectivity index (χ4v) is 2.80. The van der Waals surface area contributed by atoms with Gasteiger partial charge in [0.05, 0.1) is 16.9 Å². The maximum atomic E-state index is 6.11. The third kappa shape index (κ3) is 2.93. The van der Waals surface area contributed by atoms with Gasteiger partial charge in [-0.05, 0) is 53.2 Å². The highest BCUT2D eigenvalue weighted by atomic mass is 16.7. The molecule has 2 aromatic rings. The van der Waals surface area contributed by atoms with Crippen LogP contribution in [0.2, 0.25) is 0 Å². The second-order valence-electron chi connectivity index (χ2n) is 7.39. The molecule has 0 N–H and O–H groups in total. The van der Waals surface area contributed by atoms with E-state index in [4.69, 9.17) is 9.31 Å². The van der Waals surface area contributed by atoms with Gasteiger partial charge in [-0.1, -0.05) is 29.8 Å². The van der Waals surface area contributed by atoms with Gasteiger partial charge in [-0.3, -0.25) is 4.98 Å². The van der Waals surface area contributed by atoms with Crippen LogP contribution in [0.5, 0.6) is 0 Å². The van der Waals surface area contributed by atoms with E-state index in [-0.39, 0.29) is 18.3 Å². The summed E-state index contributed by atoms with van der Waals surface area (Å²) in [5, 5.41) is 0. The van der Waals surface area contributed by atoms with Crippen LogP contribution in [0.15, 0.2) is 36.5 Å². The Kier molecular flexibility index (Phi) is 3.85. The normalized spacial score (nSPS) is 19.1. The lowest BCUT2D eigenvalue weighted by Gasteiger charge is -2.32. The molecule has 0 saturated carbocycles. The van der Waals surface area contributed by atoms with Crippen LogP contribution in [0.25, 0.3) is 11.3 Å².